The smallest absolute Gasteiger partial charge is 0.0830 e. The molecule has 0 aliphatic rings. The fraction of sp³-hybridized carbons (Fsp3) is 0.500. The lowest BCUT2D eigenvalue weighted by atomic mass is 10.2. The van der Waals surface area contributed by atoms with Crippen LogP contribution in [0.25, 0.3) is 0 Å². The van der Waals surface area contributed by atoms with Crippen LogP contribution in [0.4, 0.5) is 0 Å². The second kappa shape index (κ2) is 5.40. The van der Waals surface area contributed by atoms with E-state index in [-0.39, 0.29) is 0 Å². The van der Waals surface area contributed by atoms with Gasteiger partial charge in [0.25, 0.3) is 0 Å². The minimum Gasteiger partial charge on any atom is -0.388 e. The molecule has 0 saturated carbocycles. The summed E-state index contributed by atoms with van der Waals surface area (Å²) in [6.07, 6.45) is 9.49. The summed E-state index contributed by atoms with van der Waals surface area (Å²) >= 11 is 0. The normalized spacial score (nSPS) is 13.4. The molecule has 0 aromatic heterocycles. The van der Waals surface area contributed by atoms with Gasteiger partial charge in [-0.15, -0.1) is 12.3 Å². The number of terminal acetylenes is 1. The Labute approximate surface area is 56.4 Å². The summed E-state index contributed by atoms with van der Waals surface area (Å²) < 4.78 is 0. The summed E-state index contributed by atoms with van der Waals surface area (Å²) in [7, 11) is 0. The van der Waals surface area contributed by atoms with Gasteiger partial charge in [0, 0.05) is 6.42 Å². The molecule has 0 aliphatic carbocycles. The van der Waals surface area contributed by atoms with Crippen molar-refractivity contribution >= 4 is 0 Å². The molecule has 0 aromatic carbocycles. The molecule has 1 heteroatoms. The molecule has 0 spiro atoms. The van der Waals surface area contributed by atoms with Gasteiger partial charge in [-0.1, -0.05) is 19.1 Å². The summed E-state index contributed by atoms with van der Waals surface area (Å²) in [6.45, 7) is 2.01. The van der Waals surface area contributed by atoms with Crippen LogP contribution in [0.3, 0.4) is 0 Å². The van der Waals surface area contributed by atoms with Crippen LogP contribution in [0.5, 0.6) is 0 Å². The molecule has 50 valence electrons. The zero-order valence-corrected chi connectivity index (χ0v) is 5.67. The molecule has 0 rings (SSSR count). The SMILES string of the molecule is C#CCC(O)C=CCC. The Bertz CT molecular complexity index is 119. The first-order valence-electron chi connectivity index (χ1n) is 3.09. The lowest BCUT2D eigenvalue weighted by molar-refractivity contribution is 0.229. The summed E-state index contributed by atoms with van der Waals surface area (Å²) in [6, 6.07) is 0. The molecule has 0 amide bonds. The van der Waals surface area contributed by atoms with Crippen LogP contribution in [0.15, 0.2) is 12.2 Å². The number of hydrogen-bond acceptors (Lipinski definition) is 1. The van der Waals surface area contributed by atoms with E-state index >= 15 is 0 Å². The Morgan fingerprint density at radius 3 is 2.89 bits per heavy atom. The fourth-order valence-electron chi connectivity index (χ4n) is 0.482. The maximum absolute atomic E-state index is 8.95. The number of aliphatic hydroxyl groups excluding tert-OH is 1. The minimum atomic E-state index is -0.449. The predicted octanol–water partition coefficient (Wildman–Crippen LogP) is 1.34. The van der Waals surface area contributed by atoms with Gasteiger partial charge in [0.15, 0.2) is 0 Å². The van der Waals surface area contributed by atoms with E-state index in [0.717, 1.165) is 6.42 Å². The van der Waals surface area contributed by atoms with Crippen molar-refractivity contribution in [1.82, 2.24) is 0 Å². The molecule has 1 atom stereocenters. The number of aliphatic hydroxyl groups is 1. The van der Waals surface area contributed by atoms with Crippen molar-refractivity contribution < 1.29 is 5.11 Å². The summed E-state index contributed by atoms with van der Waals surface area (Å²) in [5.74, 6) is 2.38. The molecular formula is C8H12O. The van der Waals surface area contributed by atoms with Crippen molar-refractivity contribution in [2.45, 2.75) is 25.9 Å². The van der Waals surface area contributed by atoms with Crippen molar-refractivity contribution in [2.24, 2.45) is 0 Å². The van der Waals surface area contributed by atoms with Gasteiger partial charge in [0.05, 0.1) is 6.10 Å². The minimum absolute atomic E-state index is 0.413. The molecule has 1 nitrogen and oxygen atoms in total. The van der Waals surface area contributed by atoms with Gasteiger partial charge in [0.2, 0.25) is 0 Å². The van der Waals surface area contributed by atoms with Crippen LogP contribution in [0.2, 0.25) is 0 Å². The molecule has 0 heterocycles. The third kappa shape index (κ3) is 5.13. The van der Waals surface area contributed by atoms with Gasteiger partial charge in [-0.05, 0) is 6.42 Å². The van der Waals surface area contributed by atoms with Crippen molar-refractivity contribution in [1.29, 1.82) is 0 Å². The van der Waals surface area contributed by atoms with Crippen LogP contribution in [-0.4, -0.2) is 11.2 Å². The summed E-state index contributed by atoms with van der Waals surface area (Å²) in [4.78, 5) is 0. The Hall–Kier alpha value is -0.740. The highest BCUT2D eigenvalue weighted by molar-refractivity contribution is 4.96. The lowest BCUT2D eigenvalue weighted by Crippen LogP contribution is -1.98. The molecule has 0 aliphatic heterocycles. The van der Waals surface area contributed by atoms with Gasteiger partial charge in [-0.3, -0.25) is 0 Å². The van der Waals surface area contributed by atoms with E-state index in [0.29, 0.717) is 6.42 Å². The van der Waals surface area contributed by atoms with Gasteiger partial charge in [-0.2, -0.15) is 0 Å². The van der Waals surface area contributed by atoms with E-state index in [1.807, 2.05) is 13.0 Å². The Kier molecular flexibility index (Phi) is 4.95. The third-order valence-corrected chi connectivity index (χ3v) is 0.921. The largest absolute Gasteiger partial charge is 0.388 e. The molecule has 0 saturated heterocycles. The zero-order chi connectivity index (χ0) is 7.11. The molecule has 0 aromatic rings. The molecule has 9 heavy (non-hydrogen) atoms. The lowest BCUT2D eigenvalue weighted by Gasteiger charge is -1.95. The summed E-state index contributed by atoms with van der Waals surface area (Å²) in [5, 5.41) is 8.95. The Balaban J connectivity index is 3.39. The van der Waals surface area contributed by atoms with Gasteiger partial charge in [-0.25, -0.2) is 0 Å². The van der Waals surface area contributed by atoms with Gasteiger partial charge >= 0.3 is 0 Å². The highest BCUT2D eigenvalue weighted by Crippen LogP contribution is 1.92. The molecule has 0 bridgehead atoms. The van der Waals surface area contributed by atoms with E-state index in [1.54, 1.807) is 6.08 Å². The first-order chi connectivity index (χ1) is 4.31. The first kappa shape index (κ1) is 8.26. The van der Waals surface area contributed by atoms with Gasteiger partial charge in [0.1, 0.15) is 0 Å². The van der Waals surface area contributed by atoms with Crippen molar-refractivity contribution in [2.75, 3.05) is 0 Å². The molecule has 0 radical (unpaired) electrons. The van der Waals surface area contributed by atoms with E-state index in [1.165, 1.54) is 0 Å². The summed E-state index contributed by atoms with van der Waals surface area (Å²) in [5.41, 5.74) is 0. The average molecular weight is 124 g/mol. The molecular weight excluding hydrogens is 112 g/mol. The zero-order valence-electron chi connectivity index (χ0n) is 5.67. The number of hydrogen-bond donors (Lipinski definition) is 1. The van der Waals surface area contributed by atoms with Crippen LogP contribution in [-0.2, 0) is 0 Å². The van der Waals surface area contributed by atoms with Crippen molar-refractivity contribution in [3.05, 3.63) is 12.2 Å². The molecule has 1 N–H and O–H groups in total. The molecule has 0 fully saturated rings. The third-order valence-electron chi connectivity index (χ3n) is 0.921. The molecule has 1 unspecified atom stereocenters. The maximum atomic E-state index is 8.95. The second-order valence-corrected chi connectivity index (χ2v) is 1.81. The van der Waals surface area contributed by atoms with E-state index in [2.05, 4.69) is 5.92 Å². The number of rotatable bonds is 3. The fourth-order valence-corrected chi connectivity index (χ4v) is 0.482. The maximum Gasteiger partial charge on any atom is 0.0830 e. The highest BCUT2D eigenvalue weighted by Gasteiger charge is 1.91. The highest BCUT2D eigenvalue weighted by atomic mass is 16.3. The topological polar surface area (TPSA) is 20.2 Å². The first-order valence-corrected chi connectivity index (χ1v) is 3.09. The second-order valence-electron chi connectivity index (χ2n) is 1.81. The van der Waals surface area contributed by atoms with Crippen molar-refractivity contribution in [3.8, 4) is 12.3 Å². The predicted molar refractivity (Wildman–Crippen MR) is 38.9 cm³/mol. The van der Waals surface area contributed by atoms with Crippen LogP contribution in [0, 0.1) is 12.3 Å². The van der Waals surface area contributed by atoms with Crippen LogP contribution in [0.1, 0.15) is 19.8 Å². The van der Waals surface area contributed by atoms with Crippen molar-refractivity contribution in [3.63, 3.8) is 0 Å². The van der Waals surface area contributed by atoms with Crippen LogP contribution >= 0.6 is 0 Å². The van der Waals surface area contributed by atoms with E-state index in [4.69, 9.17) is 11.5 Å². The quantitative estimate of drug-likeness (QED) is 0.444. The Morgan fingerprint density at radius 1 is 1.78 bits per heavy atom. The van der Waals surface area contributed by atoms with Gasteiger partial charge < -0.3 is 5.11 Å². The monoisotopic (exact) mass is 124 g/mol. The standard InChI is InChI=1S/C8H12O/c1-3-5-7-8(9)6-4-2/h2,5,7-9H,3,6H2,1H3. The number of allylic oxidation sites excluding steroid dienone is 1. The Morgan fingerprint density at radius 2 is 2.44 bits per heavy atom. The van der Waals surface area contributed by atoms with Crippen LogP contribution < -0.4 is 0 Å². The average Bonchev–Trinajstić information content (AvgIpc) is 1.85. The van der Waals surface area contributed by atoms with E-state index in [9.17, 15) is 0 Å². The van der Waals surface area contributed by atoms with E-state index < -0.39 is 6.10 Å².